The first-order valence-electron chi connectivity index (χ1n) is 5.62. The average molecular weight is 294 g/mol. The van der Waals surface area contributed by atoms with E-state index in [1.807, 2.05) is 6.92 Å². The van der Waals surface area contributed by atoms with E-state index in [1.54, 1.807) is 6.92 Å². The number of unbranched alkanes of at least 4 members (excludes halogenated alkanes) is 1. The lowest BCUT2D eigenvalue weighted by Crippen LogP contribution is -2.31. The van der Waals surface area contributed by atoms with Crippen LogP contribution in [0, 0.1) is 0 Å². The predicted molar refractivity (Wildman–Crippen MR) is 67.9 cm³/mol. The zero-order valence-corrected chi connectivity index (χ0v) is 11.8. The van der Waals surface area contributed by atoms with Crippen molar-refractivity contribution < 1.29 is 13.2 Å². The minimum Gasteiger partial charge on any atom is -0.354 e. The van der Waals surface area contributed by atoms with Gasteiger partial charge >= 0.3 is 0 Å². The van der Waals surface area contributed by atoms with Crippen molar-refractivity contribution >= 4 is 25.6 Å². The Morgan fingerprint density at radius 3 is 2.78 bits per heavy atom. The molecule has 0 saturated heterocycles. The Morgan fingerprint density at radius 2 is 2.28 bits per heavy atom. The molecule has 1 amide bonds. The Balaban J connectivity index is 2.69. The lowest BCUT2D eigenvalue weighted by Gasteiger charge is -2.12. The fraction of sp³-hybridized carbons (Fsp3) is 0.600. The van der Waals surface area contributed by atoms with Crippen molar-refractivity contribution in [2.24, 2.45) is 0 Å². The highest BCUT2D eigenvalue weighted by Crippen LogP contribution is 2.15. The minimum absolute atomic E-state index is 0.114. The summed E-state index contributed by atoms with van der Waals surface area (Å²) in [6, 6.07) is -0.575. The molecule has 0 aromatic carbocycles. The lowest BCUT2D eigenvalue weighted by atomic mass is 10.3. The molecular formula is C10H16ClN3O3S. The van der Waals surface area contributed by atoms with Crippen molar-refractivity contribution in [1.82, 2.24) is 15.1 Å². The van der Waals surface area contributed by atoms with Crippen LogP contribution in [0.3, 0.4) is 0 Å². The Labute approximate surface area is 111 Å². The second-order valence-electron chi connectivity index (χ2n) is 3.91. The van der Waals surface area contributed by atoms with E-state index < -0.39 is 15.1 Å². The summed E-state index contributed by atoms with van der Waals surface area (Å²) in [4.78, 5) is 11.6. The van der Waals surface area contributed by atoms with Gasteiger partial charge in [0.25, 0.3) is 9.05 Å². The number of rotatable bonds is 6. The smallest absolute Gasteiger partial charge is 0.264 e. The first kappa shape index (κ1) is 15.0. The predicted octanol–water partition coefficient (Wildman–Crippen LogP) is 1.29. The van der Waals surface area contributed by atoms with Gasteiger partial charge in [-0.2, -0.15) is 5.10 Å². The number of nitrogens with zero attached hydrogens (tertiary/aromatic N) is 2. The monoisotopic (exact) mass is 293 g/mol. The van der Waals surface area contributed by atoms with Crippen LogP contribution in [0.2, 0.25) is 0 Å². The molecule has 102 valence electrons. The van der Waals surface area contributed by atoms with E-state index >= 15 is 0 Å². The average Bonchev–Trinajstić information content (AvgIpc) is 2.77. The van der Waals surface area contributed by atoms with Gasteiger partial charge in [-0.05, 0) is 13.3 Å². The van der Waals surface area contributed by atoms with Crippen LogP contribution in [0.5, 0.6) is 0 Å². The van der Waals surface area contributed by atoms with Crippen molar-refractivity contribution in [3.63, 3.8) is 0 Å². The molecule has 1 unspecified atom stereocenters. The molecule has 8 heteroatoms. The molecule has 0 aliphatic rings. The standard InChI is InChI=1S/C10H16ClN3O3S/c1-3-4-5-12-10(15)8(2)14-7-9(6-13-14)18(11,16)17/h6-8H,3-5H2,1-2H3,(H,12,15). The van der Waals surface area contributed by atoms with Gasteiger partial charge in [-0.3, -0.25) is 9.48 Å². The Morgan fingerprint density at radius 1 is 1.61 bits per heavy atom. The summed E-state index contributed by atoms with van der Waals surface area (Å²) in [5.74, 6) is -0.204. The molecule has 6 nitrogen and oxygen atoms in total. The third-order valence-corrected chi connectivity index (χ3v) is 3.77. The summed E-state index contributed by atoms with van der Waals surface area (Å²) in [6.45, 7) is 4.27. The van der Waals surface area contributed by atoms with E-state index in [0.717, 1.165) is 19.0 Å². The number of amides is 1. The maximum Gasteiger partial charge on any atom is 0.264 e. The summed E-state index contributed by atoms with van der Waals surface area (Å²) in [6.07, 6.45) is 4.26. The Bertz CT molecular complexity index is 512. The molecule has 0 bridgehead atoms. The van der Waals surface area contributed by atoms with Gasteiger partial charge in [0.15, 0.2) is 0 Å². The van der Waals surface area contributed by atoms with Crippen molar-refractivity contribution in [2.45, 2.75) is 37.6 Å². The Kier molecular flexibility index (Phi) is 5.15. The number of hydrogen-bond acceptors (Lipinski definition) is 4. The van der Waals surface area contributed by atoms with Crippen molar-refractivity contribution in [2.75, 3.05) is 6.54 Å². The zero-order valence-electron chi connectivity index (χ0n) is 10.3. The third kappa shape index (κ3) is 3.99. The highest BCUT2D eigenvalue weighted by molar-refractivity contribution is 8.13. The van der Waals surface area contributed by atoms with Gasteiger partial charge in [-0.15, -0.1) is 0 Å². The van der Waals surface area contributed by atoms with Crippen LogP contribution in [-0.2, 0) is 13.8 Å². The molecule has 1 N–H and O–H groups in total. The lowest BCUT2D eigenvalue weighted by molar-refractivity contribution is -0.124. The Hall–Kier alpha value is -1.08. The molecule has 1 atom stereocenters. The number of carbonyl (C=O) groups excluding carboxylic acids is 1. The number of aromatic nitrogens is 2. The molecule has 1 heterocycles. The molecule has 0 fully saturated rings. The molecule has 0 saturated carbocycles. The van der Waals surface area contributed by atoms with Crippen molar-refractivity contribution in [3.05, 3.63) is 12.4 Å². The van der Waals surface area contributed by atoms with Crippen molar-refractivity contribution in [1.29, 1.82) is 0 Å². The second-order valence-corrected chi connectivity index (χ2v) is 6.48. The maximum absolute atomic E-state index is 11.7. The van der Waals surface area contributed by atoms with Crippen LogP contribution in [0.4, 0.5) is 0 Å². The van der Waals surface area contributed by atoms with Gasteiger partial charge in [0.1, 0.15) is 10.9 Å². The van der Waals surface area contributed by atoms with Gasteiger partial charge in [-0.25, -0.2) is 8.42 Å². The van der Waals surface area contributed by atoms with Crippen LogP contribution in [0.1, 0.15) is 32.7 Å². The summed E-state index contributed by atoms with van der Waals surface area (Å²) < 4.78 is 23.4. The number of halogens is 1. The van der Waals surface area contributed by atoms with Gasteiger partial charge in [0.2, 0.25) is 5.91 Å². The SMILES string of the molecule is CCCCNC(=O)C(C)n1cc(S(=O)(=O)Cl)cn1. The highest BCUT2D eigenvalue weighted by Gasteiger charge is 2.19. The van der Waals surface area contributed by atoms with Crippen molar-refractivity contribution in [3.8, 4) is 0 Å². The fourth-order valence-corrected chi connectivity index (χ4v) is 1.96. The maximum atomic E-state index is 11.7. The number of hydrogen-bond donors (Lipinski definition) is 1. The first-order chi connectivity index (χ1) is 8.36. The largest absolute Gasteiger partial charge is 0.354 e. The van der Waals surface area contributed by atoms with E-state index in [0.29, 0.717) is 6.54 Å². The summed E-state index contributed by atoms with van der Waals surface area (Å²) in [5.41, 5.74) is 0. The van der Waals surface area contributed by atoms with Gasteiger partial charge in [0, 0.05) is 23.4 Å². The van der Waals surface area contributed by atoms with Crippen LogP contribution in [-0.4, -0.2) is 30.7 Å². The minimum atomic E-state index is -3.80. The molecule has 18 heavy (non-hydrogen) atoms. The summed E-state index contributed by atoms with van der Waals surface area (Å²) in [5, 5.41) is 6.57. The van der Waals surface area contributed by atoms with Gasteiger partial charge < -0.3 is 5.32 Å². The molecular weight excluding hydrogens is 278 g/mol. The van der Waals surface area contributed by atoms with Crippen LogP contribution in [0.15, 0.2) is 17.3 Å². The van der Waals surface area contributed by atoms with Gasteiger partial charge in [-0.1, -0.05) is 13.3 Å². The van der Waals surface area contributed by atoms with E-state index in [4.69, 9.17) is 10.7 Å². The van der Waals surface area contributed by atoms with E-state index in [1.165, 1.54) is 10.9 Å². The first-order valence-corrected chi connectivity index (χ1v) is 7.93. The molecule has 0 aliphatic heterocycles. The zero-order chi connectivity index (χ0) is 13.8. The molecule has 1 aromatic rings. The topological polar surface area (TPSA) is 81.1 Å². The normalized spacial score (nSPS) is 13.3. The summed E-state index contributed by atoms with van der Waals surface area (Å²) >= 11 is 0. The molecule has 0 spiro atoms. The van der Waals surface area contributed by atoms with E-state index in [2.05, 4.69) is 10.4 Å². The molecule has 1 aromatic heterocycles. The number of nitrogens with one attached hydrogen (secondary N) is 1. The fourth-order valence-electron chi connectivity index (χ4n) is 1.31. The van der Waals surface area contributed by atoms with Crippen LogP contribution < -0.4 is 5.32 Å². The van der Waals surface area contributed by atoms with Gasteiger partial charge in [0.05, 0.1) is 6.20 Å². The molecule has 1 rings (SSSR count). The molecule has 0 aliphatic carbocycles. The summed E-state index contributed by atoms with van der Waals surface area (Å²) in [7, 11) is 1.37. The third-order valence-electron chi connectivity index (χ3n) is 2.47. The van der Waals surface area contributed by atoms with Crippen LogP contribution in [0.25, 0.3) is 0 Å². The number of carbonyl (C=O) groups is 1. The quantitative estimate of drug-likeness (QED) is 0.633. The van der Waals surface area contributed by atoms with Crippen LogP contribution >= 0.6 is 10.7 Å². The second kappa shape index (κ2) is 6.19. The van der Waals surface area contributed by atoms with E-state index in [9.17, 15) is 13.2 Å². The van der Waals surface area contributed by atoms with E-state index in [-0.39, 0.29) is 10.8 Å². The molecule has 0 radical (unpaired) electrons. The highest BCUT2D eigenvalue weighted by atomic mass is 35.7.